The topological polar surface area (TPSA) is 76.2 Å². The molecule has 0 N–H and O–H groups in total. The highest BCUT2D eigenvalue weighted by Gasteiger charge is 2.40. The summed E-state index contributed by atoms with van der Waals surface area (Å²) in [5.41, 5.74) is 2.34. The molecule has 198 valence electrons. The van der Waals surface area contributed by atoms with Gasteiger partial charge in [0.05, 0.1) is 18.0 Å². The van der Waals surface area contributed by atoms with Gasteiger partial charge >= 0.3 is 5.97 Å². The predicted octanol–water partition coefficient (Wildman–Crippen LogP) is 5.01. The molecule has 0 aliphatic carbocycles. The molecule has 0 saturated heterocycles. The smallest absolute Gasteiger partial charge is 0.303 e. The van der Waals surface area contributed by atoms with E-state index in [2.05, 4.69) is 0 Å². The van der Waals surface area contributed by atoms with Crippen LogP contribution in [0.25, 0.3) is 0 Å². The molecule has 0 aromatic heterocycles. The van der Waals surface area contributed by atoms with Crippen LogP contribution in [0.5, 0.6) is 5.75 Å². The summed E-state index contributed by atoms with van der Waals surface area (Å²) in [7, 11) is 3.54. The van der Waals surface area contributed by atoms with E-state index in [1.165, 1.54) is 18.7 Å². The lowest BCUT2D eigenvalue weighted by atomic mass is 10.1. The number of benzene rings is 3. The molecule has 0 radical (unpaired) electrons. The van der Waals surface area contributed by atoms with E-state index in [-0.39, 0.29) is 11.7 Å². The van der Waals surface area contributed by atoms with Gasteiger partial charge in [0.25, 0.3) is 5.91 Å². The van der Waals surface area contributed by atoms with E-state index < -0.39 is 17.3 Å². The van der Waals surface area contributed by atoms with E-state index >= 15 is 0 Å². The lowest BCUT2D eigenvalue weighted by Crippen LogP contribution is -2.45. The van der Waals surface area contributed by atoms with E-state index in [1.54, 1.807) is 12.0 Å². The Morgan fingerprint density at radius 1 is 0.947 bits per heavy atom. The van der Waals surface area contributed by atoms with Crippen molar-refractivity contribution in [2.75, 3.05) is 38.7 Å². The standard InChI is InChI=1S/C30H32N2O5S/c1-21(33)37-28-29(23-13-15-24(36-3)16-14-23)38-27-12-8-7-11-25(27)32(30(28)35)20-19-31(2)18-17-26(34)22-9-5-4-6-10-22/h4-16,28-29H,17-20H2,1-3H3/t28-,29?/m0/s1. The summed E-state index contributed by atoms with van der Waals surface area (Å²) in [6.07, 6.45) is -0.612. The fourth-order valence-corrected chi connectivity index (χ4v) is 5.70. The number of esters is 1. The number of hydrogen-bond acceptors (Lipinski definition) is 7. The summed E-state index contributed by atoms with van der Waals surface area (Å²) < 4.78 is 11.0. The number of carbonyl (C=O) groups is 3. The number of carbonyl (C=O) groups excluding carboxylic acids is 3. The molecule has 7 nitrogen and oxygen atoms in total. The Hall–Kier alpha value is -3.62. The number of amides is 1. The first-order valence-corrected chi connectivity index (χ1v) is 13.4. The van der Waals surface area contributed by atoms with Crippen LogP contribution in [0.1, 0.15) is 34.5 Å². The molecule has 1 amide bonds. The largest absolute Gasteiger partial charge is 0.497 e. The summed E-state index contributed by atoms with van der Waals surface area (Å²) in [5, 5.41) is -0.426. The Balaban J connectivity index is 1.53. The minimum Gasteiger partial charge on any atom is -0.497 e. The minimum absolute atomic E-state index is 0.0855. The Morgan fingerprint density at radius 3 is 2.32 bits per heavy atom. The van der Waals surface area contributed by atoms with Crippen LogP contribution in [0.15, 0.2) is 83.8 Å². The highest BCUT2D eigenvalue weighted by atomic mass is 32.2. The minimum atomic E-state index is -0.997. The van der Waals surface area contributed by atoms with Crippen LogP contribution >= 0.6 is 11.8 Å². The lowest BCUT2D eigenvalue weighted by Gasteiger charge is -2.29. The maximum Gasteiger partial charge on any atom is 0.303 e. The molecule has 0 fully saturated rings. The maximum absolute atomic E-state index is 14.0. The highest BCUT2D eigenvalue weighted by Crippen LogP contribution is 2.46. The Kier molecular flexibility index (Phi) is 9.20. The molecule has 1 aliphatic heterocycles. The second kappa shape index (κ2) is 12.8. The number of para-hydroxylation sites is 1. The summed E-state index contributed by atoms with van der Waals surface area (Å²) in [6.45, 7) is 2.82. The number of likely N-dealkylation sites (N-methyl/N-ethyl adjacent to an activating group) is 1. The van der Waals surface area contributed by atoms with Crippen molar-refractivity contribution in [3.8, 4) is 5.75 Å². The molecule has 2 atom stereocenters. The number of ether oxygens (including phenoxy) is 2. The van der Waals surface area contributed by atoms with E-state index in [0.717, 1.165) is 16.1 Å². The van der Waals surface area contributed by atoms with Gasteiger partial charge in [-0.15, -0.1) is 11.8 Å². The fourth-order valence-electron chi connectivity index (χ4n) is 4.38. The van der Waals surface area contributed by atoms with E-state index in [0.29, 0.717) is 37.4 Å². The number of methoxy groups -OCH3 is 1. The van der Waals surface area contributed by atoms with Crippen LogP contribution < -0.4 is 9.64 Å². The lowest BCUT2D eigenvalue weighted by molar-refractivity contribution is -0.152. The van der Waals surface area contributed by atoms with E-state index in [4.69, 9.17) is 9.47 Å². The van der Waals surface area contributed by atoms with Crippen LogP contribution in [-0.2, 0) is 14.3 Å². The SMILES string of the molecule is COc1ccc(C2Sc3ccccc3N(CCN(C)CCC(=O)c3ccccc3)C(=O)[C@H]2OC(C)=O)cc1. The molecule has 8 heteroatoms. The first-order chi connectivity index (χ1) is 18.4. The third kappa shape index (κ3) is 6.62. The van der Waals surface area contributed by atoms with Crippen LogP contribution in [0.3, 0.4) is 0 Å². The van der Waals surface area contributed by atoms with Gasteiger partial charge in [0.2, 0.25) is 0 Å². The molecule has 38 heavy (non-hydrogen) atoms. The quantitative estimate of drug-likeness (QED) is 0.268. The normalized spacial score (nSPS) is 17.1. The molecule has 1 unspecified atom stereocenters. The number of anilines is 1. The molecule has 0 saturated carbocycles. The van der Waals surface area contributed by atoms with Crippen molar-refractivity contribution in [2.24, 2.45) is 0 Å². The molecule has 1 aliphatic rings. The van der Waals surface area contributed by atoms with Crippen molar-refractivity contribution in [1.82, 2.24) is 4.90 Å². The van der Waals surface area contributed by atoms with Crippen molar-refractivity contribution in [3.05, 3.63) is 90.0 Å². The zero-order chi connectivity index (χ0) is 27.1. The van der Waals surface area contributed by atoms with Crippen molar-refractivity contribution in [3.63, 3.8) is 0 Å². The summed E-state index contributed by atoms with van der Waals surface area (Å²) in [4.78, 5) is 43.2. The molecule has 3 aromatic carbocycles. The van der Waals surface area contributed by atoms with Gasteiger partial charge in [-0.3, -0.25) is 14.4 Å². The van der Waals surface area contributed by atoms with Gasteiger partial charge in [-0.2, -0.15) is 0 Å². The van der Waals surface area contributed by atoms with Crippen LogP contribution in [-0.4, -0.2) is 62.5 Å². The predicted molar refractivity (Wildman–Crippen MR) is 149 cm³/mol. The number of thioether (sulfide) groups is 1. The van der Waals surface area contributed by atoms with Gasteiger partial charge in [-0.05, 0) is 36.9 Å². The number of Topliss-reactive ketones (excluding diaryl/α,β-unsaturated/α-hetero) is 1. The summed E-state index contributed by atoms with van der Waals surface area (Å²) in [5.74, 6) is 0.0120. The van der Waals surface area contributed by atoms with Gasteiger partial charge in [0, 0.05) is 43.4 Å². The molecular weight excluding hydrogens is 500 g/mol. The van der Waals surface area contributed by atoms with E-state index in [9.17, 15) is 14.4 Å². The zero-order valence-corrected chi connectivity index (χ0v) is 22.6. The average Bonchev–Trinajstić information content (AvgIpc) is 3.05. The molecule has 4 rings (SSSR count). The van der Waals surface area contributed by atoms with Crippen LogP contribution in [0.4, 0.5) is 5.69 Å². The van der Waals surface area contributed by atoms with Gasteiger partial charge in [-0.1, -0.05) is 54.6 Å². The highest BCUT2D eigenvalue weighted by molar-refractivity contribution is 7.99. The molecular formula is C30H32N2O5S. The average molecular weight is 533 g/mol. The number of ketones is 1. The number of hydrogen-bond donors (Lipinski definition) is 0. The van der Waals surface area contributed by atoms with Crippen molar-refractivity contribution < 1.29 is 23.9 Å². The number of rotatable bonds is 10. The fraction of sp³-hybridized carbons (Fsp3) is 0.300. The Labute approximate surface area is 227 Å². The van der Waals surface area contributed by atoms with Crippen molar-refractivity contribution >= 4 is 35.1 Å². The second-order valence-corrected chi connectivity index (χ2v) is 10.3. The third-order valence-corrected chi connectivity index (χ3v) is 7.83. The Bertz CT molecular complexity index is 1270. The first kappa shape index (κ1) is 27.4. The van der Waals surface area contributed by atoms with E-state index in [1.807, 2.05) is 90.8 Å². The summed E-state index contributed by atoms with van der Waals surface area (Å²) in [6, 6.07) is 24.5. The zero-order valence-electron chi connectivity index (χ0n) is 21.8. The molecule has 1 heterocycles. The Morgan fingerprint density at radius 2 is 1.63 bits per heavy atom. The number of fused-ring (bicyclic) bond motifs is 1. The monoisotopic (exact) mass is 532 g/mol. The molecule has 0 bridgehead atoms. The van der Waals surface area contributed by atoms with Crippen LogP contribution in [0.2, 0.25) is 0 Å². The summed E-state index contributed by atoms with van der Waals surface area (Å²) >= 11 is 1.51. The molecule has 0 spiro atoms. The maximum atomic E-state index is 14.0. The van der Waals surface area contributed by atoms with Gasteiger partial charge in [-0.25, -0.2) is 0 Å². The van der Waals surface area contributed by atoms with Gasteiger partial charge in [0.1, 0.15) is 5.75 Å². The molecule has 3 aromatic rings. The van der Waals surface area contributed by atoms with Crippen LogP contribution in [0, 0.1) is 0 Å². The second-order valence-electron chi connectivity index (χ2n) is 9.14. The van der Waals surface area contributed by atoms with Crippen molar-refractivity contribution in [2.45, 2.75) is 29.6 Å². The first-order valence-electron chi connectivity index (χ1n) is 12.5. The van der Waals surface area contributed by atoms with Gasteiger partial charge in [0.15, 0.2) is 11.9 Å². The van der Waals surface area contributed by atoms with Crippen molar-refractivity contribution in [1.29, 1.82) is 0 Å². The van der Waals surface area contributed by atoms with Gasteiger partial charge < -0.3 is 19.3 Å². The number of nitrogens with zero attached hydrogens (tertiary/aromatic N) is 2. The third-order valence-electron chi connectivity index (χ3n) is 6.45.